The minimum Gasteiger partial charge on any atom is -0.369 e. The molecule has 2 rings (SSSR count). The van der Waals surface area contributed by atoms with Crippen molar-refractivity contribution >= 4 is 30.7 Å². The van der Waals surface area contributed by atoms with Gasteiger partial charge in [0.1, 0.15) is 11.2 Å². The first-order valence-electron chi connectivity index (χ1n) is 3.83. The number of amides is 1. The predicted molar refractivity (Wildman–Crippen MR) is 56.6 cm³/mol. The molecule has 4 nitrogen and oxygen atoms in total. The number of carbonyl (C=O) groups excluding carboxylic acids is 1. The van der Waals surface area contributed by atoms with Gasteiger partial charge in [-0.15, -0.1) is 24.8 Å². The lowest BCUT2D eigenvalue weighted by Crippen LogP contribution is -2.30. The van der Waals surface area contributed by atoms with E-state index in [4.69, 9.17) is 5.73 Å². The van der Waals surface area contributed by atoms with Crippen molar-refractivity contribution in [1.29, 1.82) is 0 Å². The van der Waals surface area contributed by atoms with Crippen molar-refractivity contribution in [3.05, 3.63) is 24.3 Å². The molecule has 1 saturated carbocycles. The Hall–Kier alpha value is -0.870. The van der Waals surface area contributed by atoms with E-state index in [-0.39, 0.29) is 30.7 Å². The van der Waals surface area contributed by atoms with Crippen molar-refractivity contribution in [2.45, 2.75) is 18.3 Å². The van der Waals surface area contributed by atoms with Crippen LogP contribution in [0.5, 0.6) is 0 Å². The molecule has 14 heavy (non-hydrogen) atoms. The van der Waals surface area contributed by atoms with Crippen LogP contribution in [0.2, 0.25) is 0 Å². The molecular weight excluding hydrogens is 225 g/mol. The molecule has 0 unspecified atom stereocenters. The molecule has 0 aromatic carbocycles. The summed E-state index contributed by atoms with van der Waals surface area (Å²) in [6, 6.07) is 1.72. The van der Waals surface area contributed by atoms with Crippen LogP contribution in [0.25, 0.3) is 0 Å². The highest BCUT2D eigenvalue weighted by molar-refractivity contribution is 5.88. The smallest absolute Gasteiger partial charge is 0.231 e. The maximum Gasteiger partial charge on any atom is 0.231 e. The van der Waals surface area contributed by atoms with Crippen LogP contribution in [0.1, 0.15) is 18.7 Å². The number of primary amides is 1. The van der Waals surface area contributed by atoms with Crippen molar-refractivity contribution in [2.75, 3.05) is 0 Å². The van der Waals surface area contributed by atoms with Crippen LogP contribution in [-0.2, 0) is 10.2 Å². The number of nitrogens with zero attached hydrogens (tertiary/aromatic N) is 2. The summed E-state index contributed by atoms with van der Waals surface area (Å²) in [5.41, 5.74) is 4.71. The Morgan fingerprint density at radius 1 is 1.29 bits per heavy atom. The van der Waals surface area contributed by atoms with Crippen LogP contribution in [0, 0.1) is 0 Å². The van der Waals surface area contributed by atoms with Gasteiger partial charge < -0.3 is 5.73 Å². The number of nitrogens with two attached hydrogens (primary N) is 1. The number of hydrogen-bond donors (Lipinski definition) is 1. The van der Waals surface area contributed by atoms with Gasteiger partial charge in [-0.2, -0.15) is 0 Å². The summed E-state index contributed by atoms with van der Waals surface area (Å²) in [4.78, 5) is 19.1. The summed E-state index contributed by atoms with van der Waals surface area (Å²) in [5.74, 6) is 0.256. The molecule has 0 aliphatic heterocycles. The molecule has 2 N–H and O–H groups in total. The number of halogens is 2. The van der Waals surface area contributed by atoms with Gasteiger partial charge in [0.2, 0.25) is 5.91 Å². The van der Waals surface area contributed by atoms with E-state index in [0.29, 0.717) is 5.82 Å². The van der Waals surface area contributed by atoms with Gasteiger partial charge in [-0.25, -0.2) is 9.97 Å². The van der Waals surface area contributed by atoms with Gasteiger partial charge in [0.05, 0.1) is 0 Å². The second kappa shape index (κ2) is 4.57. The molecule has 0 bridgehead atoms. The highest BCUT2D eigenvalue weighted by Crippen LogP contribution is 2.45. The molecule has 1 fully saturated rings. The van der Waals surface area contributed by atoms with E-state index in [1.807, 2.05) is 0 Å². The van der Waals surface area contributed by atoms with E-state index < -0.39 is 5.41 Å². The van der Waals surface area contributed by atoms with Crippen molar-refractivity contribution in [3.8, 4) is 0 Å². The lowest BCUT2D eigenvalue weighted by Gasteiger charge is -2.06. The van der Waals surface area contributed by atoms with Crippen LogP contribution in [-0.4, -0.2) is 15.9 Å². The Kier molecular flexibility index (Phi) is 4.29. The fraction of sp³-hybridized carbons (Fsp3) is 0.375. The van der Waals surface area contributed by atoms with E-state index in [0.717, 1.165) is 12.8 Å². The Bertz CT molecular complexity index is 314. The van der Waals surface area contributed by atoms with Crippen molar-refractivity contribution in [3.63, 3.8) is 0 Å². The summed E-state index contributed by atoms with van der Waals surface area (Å²) in [6.07, 6.45) is 4.83. The summed E-state index contributed by atoms with van der Waals surface area (Å²) in [5, 5.41) is 0. The molecule has 1 aliphatic carbocycles. The maximum atomic E-state index is 11.0. The molecule has 1 aliphatic rings. The molecule has 1 aromatic rings. The Balaban J connectivity index is 0.000000845. The van der Waals surface area contributed by atoms with Crippen LogP contribution < -0.4 is 5.73 Å². The van der Waals surface area contributed by atoms with E-state index in [2.05, 4.69) is 9.97 Å². The Morgan fingerprint density at radius 3 is 2.14 bits per heavy atom. The van der Waals surface area contributed by atoms with Crippen LogP contribution in [0.15, 0.2) is 18.5 Å². The quantitative estimate of drug-likeness (QED) is 0.827. The Morgan fingerprint density at radius 2 is 1.79 bits per heavy atom. The van der Waals surface area contributed by atoms with Crippen LogP contribution >= 0.6 is 24.8 Å². The highest BCUT2D eigenvalue weighted by atomic mass is 35.5. The summed E-state index contributed by atoms with van der Waals surface area (Å²) >= 11 is 0. The fourth-order valence-corrected chi connectivity index (χ4v) is 1.25. The molecule has 0 radical (unpaired) electrons. The minimum atomic E-state index is -0.540. The first-order valence-corrected chi connectivity index (χ1v) is 3.83. The summed E-state index contributed by atoms with van der Waals surface area (Å²) in [7, 11) is 0. The zero-order valence-electron chi connectivity index (χ0n) is 7.34. The molecule has 6 heteroatoms. The van der Waals surface area contributed by atoms with Gasteiger partial charge in [0, 0.05) is 12.4 Å². The zero-order chi connectivity index (χ0) is 8.60. The predicted octanol–water partition coefficient (Wildman–Crippen LogP) is 0.837. The van der Waals surface area contributed by atoms with Crippen LogP contribution in [0.4, 0.5) is 0 Å². The third kappa shape index (κ3) is 1.96. The molecule has 0 spiro atoms. The molecule has 1 heterocycles. The lowest BCUT2D eigenvalue weighted by atomic mass is 10.1. The number of carbonyl (C=O) groups is 1. The van der Waals surface area contributed by atoms with E-state index in [9.17, 15) is 4.79 Å². The average molecular weight is 236 g/mol. The first-order chi connectivity index (χ1) is 5.76. The van der Waals surface area contributed by atoms with Crippen molar-refractivity contribution in [1.82, 2.24) is 9.97 Å². The summed E-state index contributed by atoms with van der Waals surface area (Å²) < 4.78 is 0. The SMILES string of the molecule is Cl.Cl.NC(=O)C1(c2ncccn2)CC1. The number of aromatic nitrogens is 2. The molecule has 1 amide bonds. The Labute approximate surface area is 94.1 Å². The second-order valence-electron chi connectivity index (χ2n) is 3.02. The lowest BCUT2D eigenvalue weighted by molar-refractivity contribution is -0.120. The van der Waals surface area contributed by atoms with Gasteiger partial charge >= 0.3 is 0 Å². The van der Waals surface area contributed by atoms with Gasteiger partial charge in [-0.3, -0.25) is 4.79 Å². The fourth-order valence-electron chi connectivity index (χ4n) is 1.25. The van der Waals surface area contributed by atoms with E-state index >= 15 is 0 Å². The molecule has 1 aromatic heterocycles. The summed E-state index contributed by atoms with van der Waals surface area (Å²) in [6.45, 7) is 0. The van der Waals surface area contributed by atoms with Crippen LogP contribution in [0.3, 0.4) is 0 Å². The average Bonchev–Trinajstić information content (AvgIpc) is 2.86. The van der Waals surface area contributed by atoms with Gasteiger partial charge in [0.15, 0.2) is 0 Å². The number of rotatable bonds is 2. The van der Waals surface area contributed by atoms with Gasteiger partial charge in [0.25, 0.3) is 0 Å². The maximum absolute atomic E-state index is 11.0. The zero-order valence-corrected chi connectivity index (χ0v) is 8.98. The standard InChI is InChI=1S/C8H9N3O.2ClH/c9-6(12)8(2-3-8)7-10-4-1-5-11-7;;/h1,4-5H,2-3H2,(H2,9,12);2*1H. The third-order valence-corrected chi connectivity index (χ3v) is 2.22. The van der Waals surface area contributed by atoms with Gasteiger partial charge in [-0.05, 0) is 18.9 Å². The first kappa shape index (κ1) is 13.1. The normalized spacial score (nSPS) is 16.0. The van der Waals surface area contributed by atoms with Crippen molar-refractivity contribution < 1.29 is 4.79 Å². The topological polar surface area (TPSA) is 68.9 Å². The minimum absolute atomic E-state index is 0. The van der Waals surface area contributed by atoms with Crippen molar-refractivity contribution in [2.24, 2.45) is 5.73 Å². The van der Waals surface area contributed by atoms with E-state index in [1.165, 1.54) is 0 Å². The monoisotopic (exact) mass is 235 g/mol. The molecule has 0 atom stereocenters. The van der Waals surface area contributed by atoms with E-state index in [1.54, 1.807) is 18.5 Å². The molecule has 0 saturated heterocycles. The molecule has 78 valence electrons. The second-order valence-corrected chi connectivity index (χ2v) is 3.02. The molecular formula is C8H11Cl2N3O. The highest BCUT2D eigenvalue weighted by Gasteiger charge is 2.52. The third-order valence-electron chi connectivity index (χ3n) is 2.22. The van der Waals surface area contributed by atoms with Gasteiger partial charge in [-0.1, -0.05) is 0 Å². The largest absolute Gasteiger partial charge is 0.369 e. The number of hydrogen-bond acceptors (Lipinski definition) is 3.